The fourth-order valence-electron chi connectivity index (χ4n) is 5.05. The molecule has 0 bridgehead atoms. The number of hydrogen-bond donors (Lipinski definition) is 0. The normalized spacial score (nSPS) is 25.5. The number of anilines is 2. The van der Waals surface area contributed by atoms with Gasteiger partial charge < -0.3 is 19.3 Å². The third-order valence-electron chi connectivity index (χ3n) is 6.80. The van der Waals surface area contributed by atoms with E-state index in [1.54, 1.807) is 7.05 Å². The van der Waals surface area contributed by atoms with Gasteiger partial charge in [0.05, 0.1) is 12.5 Å². The van der Waals surface area contributed by atoms with Crippen molar-refractivity contribution in [1.29, 1.82) is 0 Å². The molecule has 158 valence electrons. The van der Waals surface area contributed by atoms with Gasteiger partial charge in [0.1, 0.15) is 0 Å². The fourth-order valence-corrected chi connectivity index (χ4v) is 5.05. The molecule has 1 atom stereocenters. The highest BCUT2D eigenvalue weighted by molar-refractivity contribution is 5.87. The van der Waals surface area contributed by atoms with E-state index in [-0.39, 0.29) is 11.5 Å². The second-order valence-electron chi connectivity index (χ2n) is 8.44. The summed E-state index contributed by atoms with van der Waals surface area (Å²) in [6.45, 7) is 4.14. The number of carbonyl (C=O) groups excluding carboxylic acids is 2. The molecule has 7 nitrogen and oxygen atoms in total. The Labute approximate surface area is 172 Å². The molecule has 4 rings (SSSR count). The Morgan fingerprint density at radius 3 is 2.59 bits per heavy atom. The van der Waals surface area contributed by atoms with E-state index in [1.807, 2.05) is 24.3 Å². The number of rotatable bonds is 3. The highest BCUT2D eigenvalue weighted by Crippen LogP contribution is 2.43. The maximum Gasteiger partial charge on any atom is 0.413 e. The van der Waals surface area contributed by atoms with Crippen LogP contribution >= 0.6 is 0 Å². The Bertz CT molecular complexity index is 747. The monoisotopic (exact) mass is 401 g/mol. The van der Waals surface area contributed by atoms with Crippen LogP contribution in [0.2, 0.25) is 0 Å². The zero-order chi connectivity index (χ0) is 20.4. The van der Waals surface area contributed by atoms with Crippen LogP contribution in [0.5, 0.6) is 0 Å². The number of likely N-dealkylation sites (tertiary alicyclic amines) is 1. The first kappa shape index (κ1) is 20.0. The van der Waals surface area contributed by atoms with Gasteiger partial charge in [-0.2, -0.15) is 0 Å². The van der Waals surface area contributed by atoms with Crippen LogP contribution in [0, 0.1) is 5.41 Å². The van der Waals surface area contributed by atoms with Crippen molar-refractivity contribution in [1.82, 2.24) is 4.90 Å². The second-order valence-corrected chi connectivity index (χ2v) is 8.44. The highest BCUT2D eigenvalue weighted by Gasteiger charge is 2.50. The number of carbonyl (C=O) groups is 2. The summed E-state index contributed by atoms with van der Waals surface area (Å²) in [5, 5.41) is 0. The lowest BCUT2D eigenvalue weighted by molar-refractivity contribution is -0.139. The van der Waals surface area contributed by atoms with Crippen LogP contribution in [0.1, 0.15) is 32.1 Å². The van der Waals surface area contributed by atoms with Gasteiger partial charge in [-0.25, -0.2) is 4.79 Å². The van der Waals surface area contributed by atoms with Crippen molar-refractivity contribution in [3.63, 3.8) is 0 Å². The van der Waals surface area contributed by atoms with Crippen molar-refractivity contribution in [3.8, 4) is 0 Å². The van der Waals surface area contributed by atoms with Crippen molar-refractivity contribution < 1.29 is 19.1 Å². The number of ether oxygens (including phenoxy) is 2. The molecule has 3 fully saturated rings. The Kier molecular flexibility index (Phi) is 5.67. The molecular formula is C22H31N3O4. The molecule has 3 aliphatic heterocycles. The molecule has 0 aromatic heterocycles. The summed E-state index contributed by atoms with van der Waals surface area (Å²) in [5.74, 6) is 0.344. The van der Waals surface area contributed by atoms with Crippen molar-refractivity contribution in [2.45, 2.75) is 38.1 Å². The van der Waals surface area contributed by atoms with Crippen LogP contribution in [-0.4, -0.2) is 69.9 Å². The first-order chi connectivity index (χ1) is 14.0. The Morgan fingerprint density at radius 1 is 1.17 bits per heavy atom. The van der Waals surface area contributed by atoms with Gasteiger partial charge in [-0.15, -0.1) is 0 Å². The van der Waals surface area contributed by atoms with E-state index in [2.05, 4.69) is 9.80 Å². The predicted molar refractivity (Wildman–Crippen MR) is 111 cm³/mol. The highest BCUT2D eigenvalue weighted by atomic mass is 16.5. The van der Waals surface area contributed by atoms with Gasteiger partial charge in [0, 0.05) is 57.3 Å². The Morgan fingerprint density at radius 2 is 1.90 bits per heavy atom. The van der Waals surface area contributed by atoms with Crippen LogP contribution in [0.3, 0.4) is 0 Å². The molecule has 7 heteroatoms. The standard InChI is InChI=1S/C22H31N3O4/c1-23(21(27)28-2)17-4-6-18(7-5-17)24-12-3-10-22(16-24)11-13-25(20(22)26)19-8-14-29-15-9-19/h4-7,19H,3,8-16H2,1-2H3/t22-/m1/s1. The summed E-state index contributed by atoms with van der Waals surface area (Å²) in [5.41, 5.74) is 1.64. The van der Waals surface area contributed by atoms with Crippen LogP contribution in [0.25, 0.3) is 0 Å². The third kappa shape index (κ3) is 3.80. The summed E-state index contributed by atoms with van der Waals surface area (Å²) in [4.78, 5) is 31.1. The molecule has 2 amide bonds. The first-order valence-electron chi connectivity index (χ1n) is 10.6. The van der Waals surface area contributed by atoms with E-state index < -0.39 is 0 Å². The smallest absolute Gasteiger partial charge is 0.413 e. The summed E-state index contributed by atoms with van der Waals surface area (Å²) in [6.07, 6.45) is 4.48. The first-order valence-corrected chi connectivity index (χ1v) is 10.6. The van der Waals surface area contributed by atoms with E-state index in [0.29, 0.717) is 11.9 Å². The predicted octanol–water partition coefficient (Wildman–Crippen LogP) is 2.89. The Balaban J connectivity index is 1.46. The zero-order valence-corrected chi connectivity index (χ0v) is 17.4. The van der Waals surface area contributed by atoms with Gasteiger partial charge in [-0.1, -0.05) is 0 Å². The van der Waals surface area contributed by atoms with Crippen molar-refractivity contribution >= 4 is 23.4 Å². The van der Waals surface area contributed by atoms with Crippen molar-refractivity contribution in [2.24, 2.45) is 5.41 Å². The minimum atomic E-state index is -0.389. The van der Waals surface area contributed by atoms with Crippen LogP contribution < -0.4 is 9.80 Å². The molecule has 1 aromatic carbocycles. The Hall–Kier alpha value is -2.28. The van der Waals surface area contributed by atoms with E-state index in [1.165, 1.54) is 12.0 Å². The number of piperidine rings is 1. The van der Waals surface area contributed by atoms with Gasteiger partial charge in [0.15, 0.2) is 0 Å². The molecule has 0 unspecified atom stereocenters. The lowest BCUT2D eigenvalue weighted by atomic mass is 9.78. The molecule has 29 heavy (non-hydrogen) atoms. The molecule has 0 saturated carbocycles. The number of hydrogen-bond acceptors (Lipinski definition) is 5. The summed E-state index contributed by atoms with van der Waals surface area (Å²) in [7, 11) is 3.07. The summed E-state index contributed by atoms with van der Waals surface area (Å²) in [6, 6.07) is 8.27. The second kappa shape index (κ2) is 8.22. The van der Waals surface area contributed by atoms with Crippen LogP contribution in [0.15, 0.2) is 24.3 Å². The van der Waals surface area contributed by atoms with E-state index >= 15 is 0 Å². The van der Waals surface area contributed by atoms with E-state index in [9.17, 15) is 9.59 Å². The summed E-state index contributed by atoms with van der Waals surface area (Å²) < 4.78 is 10.3. The largest absolute Gasteiger partial charge is 0.452 e. The molecule has 0 radical (unpaired) electrons. The minimum absolute atomic E-state index is 0.252. The van der Waals surface area contributed by atoms with Crippen LogP contribution in [-0.2, 0) is 14.3 Å². The summed E-state index contributed by atoms with van der Waals surface area (Å²) >= 11 is 0. The molecule has 0 aliphatic carbocycles. The molecule has 3 heterocycles. The zero-order valence-electron chi connectivity index (χ0n) is 17.4. The third-order valence-corrected chi connectivity index (χ3v) is 6.80. The van der Waals surface area contributed by atoms with Gasteiger partial charge >= 0.3 is 6.09 Å². The number of amides is 2. The average Bonchev–Trinajstić information content (AvgIpc) is 3.08. The molecule has 1 spiro atoms. The number of benzene rings is 1. The van der Waals surface area contributed by atoms with E-state index in [0.717, 1.165) is 76.3 Å². The molecule has 3 saturated heterocycles. The van der Waals surface area contributed by atoms with Gasteiger partial charge in [0.2, 0.25) is 5.91 Å². The van der Waals surface area contributed by atoms with Crippen molar-refractivity contribution in [2.75, 3.05) is 56.8 Å². The minimum Gasteiger partial charge on any atom is -0.452 e. The average molecular weight is 402 g/mol. The maximum atomic E-state index is 13.4. The molecule has 1 aromatic rings. The lowest BCUT2D eigenvalue weighted by Crippen LogP contribution is -2.50. The topological polar surface area (TPSA) is 62.3 Å². The van der Waals surface area contributed by atoms with E-state index in [4.69, 9.17) is 9.47 Å². The van der Waals surface area contributed by atoms with Gasteiger partial charge in [0.25, 0.3) is 0 Å². The molecule has 3 aliphatic rings. The quantitative estimate of drug-likeness (QED) is 0.779. The van der Waals surface area contributed by atoms with Crippen LogP contribution in [0.4, 0.5) is 16.2 Å². The lowest BCUT2D eigenvalue weighted by Gasteiger charge is -2.41. The van der Waals surface area contributed by atoms with Gasteiger partial charge in [-0.05, 0) is 56.4 Å². The number of methoxy groups -OCH3 is 1. The SMILES string of the molecule is COC(=O)N(C)c1ccc(N2CCC[C@@]3(CCN(C4CCOCC4)C3=O)C2)cc1. The maximum absolute atomic E-state index is 13.4. The van der Waals surface area contributed by atoms with Gasteiger partial charge in [-0.3, -0.25) is 9.69 Å². The molecular weight excluding hydrogens is 370 g/mol. The molecule has 0 N–H and O–H groups in total. The number of nitrogens with zero attached hydrogens (tertiary/aromatic N) is 3. The fraction of sp³-hybridized carbons (Fsp3) is 0.636. The van der Waals surface area contributed by atoms with Crippen molar-refractivity contribution in [3.05, 3.63) is 24.3 Å².